The fraction of sp³-hybridized carbons (Fsp3) is 0.312. The zero-order chi connectivity index (χ0) is 16.7. The summed E-state index contributed by atoms with van der Waals surface area (Å²) < 4.78 is 15.6. The summed E-state index contributed by atoms with van der Waals surface area (Å²) in [5, 5.41) is 6.44. The van der Waals surface area contributed by atoms with E-state index in [1.165, 1.54) is 18.2 Å². The summed E-state index contributed by atoms with van der Waals surface area (Å²) in [6.45, 7) is 1.22. The standard InChI is InChI=1S/C16H15FN4O2S/c17-9-1-2-13-11(5-9)12(6-14(22)20-13)15(23)18-7-10-8-21-3-4-24-16(21)19-10/h1-2,5,8,12H,3-4,6-7H2,(H,18,23)(H,20,22). The van der Waals surface area contributed by atoms with E-state index in [2.05, 4.69) is 20.2 Å². The lowest BCUT2D eigenvalue weighted by molar-refractivity contribution is -0.126. The maximum absolute atomic E-state index is 13.5. The molecule has 3 heterocycles. The molecule has 1 aromatic carbocycles. The van der Waals surface area contributed by atoms with Crippen molar-refractivity contribution >= 4 is 29.3 Å². The molecule has 0 radical (unpaired) electrons. The van der Waals surface area contributed by atoms with Crippen LogP contribution in [0.4, 0.5) is 10.1 Å². The Bertz CT molecular complexity index is 814. The molecule has 1 unspecified atom stereocenters. The minimum absolute atomic E-state index is 0.0117. The Hall–Kier alpha value is -2.35. The molecule has 0 aliphatic carbocycles. The van der Waals surface area contributed by atoms with Gasteiger partial charge >= 0.3 is 0 Å². The molecule has 0 spiro atoms. The molecule has 24 heavy (non-hydrogen) atoms. The highest BCUT2D eigenvalue weighted by atomic mass is 32.2. The summed E-state index contributed by atoms with van der Waals surface area (Å²) in [6.07, 6.45) is 1.94. The maximum Gasteiger partial charge on any atom is 0.228 e. The van der Waals surface area contributed by atoms with Crippen LogP contribution < -0.4 is 10.6 Å². The number of hydrogen-bond donors (Lipinski definition) is 2. The molecule has 0 saturated heterocycles. The zero-order valence-corrected chi connectivity index (χ0v) is 13.5. The summed E-state index contributed by atoms with van der Waals surface area (Å²) >= 11 is 1.69. The number of carbonyl (C=O) groups excluding carboxylic acids is 2. The predicted octanol–water partition coefficient (Wildman–Crippen LogP) is 1.87. The minimum Gasteiger partial charge on any atom is -0.350 e. The van der Waals surface area contributed by atoms with Crippen LogP contribution in [0.25, 0.3) is 0 Å². The minimum atomic E-state index is -0.687. The third-order valence-electron chi connectivity index (χ3n) is 4.17. The van der Waals surface area contributed by atoms with Gasteiger partial charge < -0.3 is 15.2 Å². The Morgan fingerprint density at radius 2 is 2.38 bits per heavy atom. The van der Waals surface area contributed by atoms with Crippen molar-refractivity contribution in [2.75, 3.05) is 11.1 Å². The van der Waals surface area contributed by atoms with Gasteiger partial charge in [0, 0.05) is 30.6 Å². The number of benzene rings is 1. The molecule has 124 valence electrons. The number of thioether (sulfide) groups is 1. The number of hydrogen-bond acceptors (Lipinski definition) is 4. The highest BCUT2D eigenvalue weighted by molar-refractivity contribution is 7.99. The number of aromatic nitrogens is 2. The van der Waals surface area contributed by atoms with Crippen molar-refractivity contribution in [3.63, 3.8) is 0 Å². The molecular weight excluding hydrogens is 331 g/mol. The van der Waals surface area contributed by atoms with Crippen molar-refractivity contribution in [1.82, 2.24) is 14.9 Å². The van der Waals surface area contributed by atoms with Gasteiger partial charge in [-0.15, -0.1) is 0 Å². The molecule has 0 fully saturated rings. The van der Waals surface area contributed by atoms with Crippen LogP contribution in [-0.4, -0.2) is 27.1 Å². The average Bonchev–Trinajstić information content (AvgIpc) is 3.13. The maximum atomic E-state index is 13.5. The molecule has 1 aromatic heterocycles. The topological polar surface area (TPSA) is 76.0 Å². The highest BCUT2D eigenvalue weighted by Crippen LogP contribution is 2.33. The summed E-state index contributed by atoms with van der Waals surface area (Å²) in [6, 6.07) is 4.06. The number of anilines is 1. The Morgan fingerprint density at radius 3 is 3.21 bits per heavy atom. The molecule has 2 amide bonds. The first-order valence-electron chi connectivity index (χ1n) is 7.66. The van der Waals surface area contributed by atoms with E-state index in [1.54, 1.807) is 11.8 Å². The molecule has 0 saturated carbocycles. The van der Waals surface area contributed by atoms with Crippen molar-refractivity contribution in [1.29, 1.82) is 0 Å². The summed E-state index contributed by atoms with van der Waals surface area (Å²) in [5.41, 5.74) is 1.78. The third kappa shape index (κ3) is 2.77. The summed E-state index contributed by atoms with van der Waals surface area (Å²) in [7, 11) is 0. The number of imidazole rings is 1. The van der Waals surface area contributed by atoms with Gasteiger partial charge in [-0.1, -0.05) is 11.8 Å². The molecule has 0 bridgehead atoms. The monoisotopic (exact) mass is 346 g/mol. The van der Waals surface area contributed by atoms with Crippen LogP contribution in [0.1, 0.15) is 23.6 Å². The number of halogens is 1. The van der Waals surface area contributed by atoms with Crippen LogP contribution in [0, 0.1) is 5.82 Å². The van der Waals surface area contributed by atoms with E-state index in [0.29, 0.717) is 17.8 Å². The number of carbonyl (C=O) groups is 2. The van der Waals surface area contributed by atoms with E-state index in [0.717, 1.165) is 23.1 Å². The molecule has 2 aromatic rings. The second-order valence-corrected chi connectivity index (χ2v) is 6.87. The van der Waals surface area contributed by atoms with Crippen molar-refractivity contribution in [3.8, 4) is 0 Å². The lowest BCUT2D eigenvalue weighted by Gasteiger charge is -2.24. The smallest absolute Gasteiger partial charge is 0.228 e. The molecule has 6 nitrogen and oxygen atoms in total. The number of rotatable bonds is 3. The van der Waals surface area contributed by atoms with Gasteiger partial charge in [-0.2, -0.15) is 0 Å². The Kier molecular flexibility index (Phi) is 3.76. The normalized spacial score (nSPS) is 18.7. The van der Waals surface area contributed by atoms with Gasteiger partial charge in [0.15, 0.2) is 5.16 Å². The largest absolute Gasteiger partial charge is 0.350 e. The molecule has 2 aliphatic rings. The van der Waals surface area contributed by atoms with Crippen molar-refractivity contribution < 1.29 is 14.0 Å². The second kappa shape index (κ2) is 5.94. The first-order chi connectivity index (χ1) is 11.6. The Balaban J connectivity index is 1.49. The van der Waals surface area contributed by atoms with Crippen molar-refractivity contribution in [2.45, 2.75) is 30.6 Å². The van der Waals surface area contributed by atoms with Gasteiger partial charge in [-0.25, -0.2) is 9.37 Å². The average molecular weight is 346 g/mol. The fourth-order valence-electron chi connectivity index (χ4n) is 3.01. The van der Waals surface area contributed by atoms with E-state index >= 15 is 0 Å². The van der Waals surface area contributed by atoms with Gasteiger partial charge in [0.05, 0.1) is 18.2 Å². The lowest BCUT2D eigenvalue weighted by Crippen LogP contribution is -2.34. The molecule has 8 heteroatoms. The van der Waals surface area contributed by atoms with E-state index in [9.17, 15) is 14.0 Å². The fourth-order valence-corrected chi connectivity index (χ4v) is 3.98. The highest BCUT2D eigenvalue weighted by Gasteiger charge is 2.31. The zero-order valence-electron chi connectivity index (χ0n) is 12.7. The van der Waals surface area contributed by atoms with Gasteiger partial charge in [0.25, 0.3) is 0 Å². The first kappa shape index (κ1) is 15.2. The van der Waals surface area contributed by atoms with Gasteiger partial charge in [-0.3, -0.25) is 9.59 Å². The summed E-state index contributed by atoms with van der Waals surface area (Å²) in [4.78, 5) is 28.8. The second-order valence-electron chi connectivity index (χ2n) is 5.81. The molecule has 2 N–H and O–H groups in total. The quantitative estimate of drug-likeness (QED) is 0.890. The van der Waals surface area contributed by atoms with Gasteiger partial charge in [0.2, 0.25) is 11.8 Å². The summed E-state index contributed by atoms with van der Waals surface area (Å²) in [5.74, 6) is -0.628. The van der Waals surface area contributed by atoms with E-state index in [4.69, 9.17) is 0 Å². The Morgan fingerprint density at radius 1 is 1.50 bits per heavy atom. The van der Waals surface area contributed by atoms with Crippen molar-refractivity contribution in [2.24, 2.45) is 0 Å². The van der Waals surface area contributed by atoms with E-state index in [1.807, 2.05) is 6.20 Å². The molecule has 1 atom stereocenters. The van der Waals surface area contributed by atoms with E-state index < -0.39 is 11.7 Å². The van der Waals surface area contributed by atoms with Crippen LogP contribution in [0.15, 0.2) is 29.6 Å². The number of nitrogens with zero attached hydrogens (tertiary/aromatic N) is 2. The molecule has 2 aliphatic heterocycles. The van der Waals surface area contributed by atoms with Crippen molar-refractivity contribution in [3.05, 3.63) is 41.5 Å². The van der Waals surface area contributed by atoms with Crippen LogP contribution >= 0.6 is 11.8 Å². The molecule has 4 rings (SSSR count). The lowest BCUT2D eigenvalue weighted by atomic mass is 9.89. The number of nitrogens with one attached hydrogen (secondary N) is 2. The SMILES string of the molecule is O=C1CC(C(=O)NCc2cn3c(n2)SCC3)c2cc(F)ccc2N1. The predicted molar refractivity (Wildman–Crippen MR) is 87.2 cm³/mol. The number of fused-ring (bicyclic) bond motifs is 2. The first-order valence-corrected chi connectivity index (χ1v) is 8.64. The number of amides is 2. The van der Waals surface area contributed by atoms with Gasteiger partial charge in [-0.05, 0) is 23.8 Å². The third-order valence-corrected chi connectivity index (χ3v) is 5.14. The molecular formula is C16H15FN4O2S. The Labute approximate surface area is 141 Å². The van der Waals surface area contributed by atoms with Crippen LogP contribution in [0.5, 0.6) is 0 Å². The van der Waals surface area contributed by atoms with Gasteiger partial charge in [0.1, 0.15) is 5.82 Å². The van der Waals surface area contributed by atoms with Crippen LogP contribution in [0.2, 0.25) is 0 Å². The number of aryl methyl sites for hydroxylation is 1. The van der Waals surface area contributed by atoms with Crippen LogP contribution in [-0.2, 0) is 22.7 Å². The van der Waals surface area contributed by atoms with Crippen LogP contribution in [0.3, 0.4) is 0 Å². The van der Waals surface area contributed by atoms with E-state index in [-0.39, 0.29) is 18.2 Å².